The molecule has 1 atom stereocenters. The molecule has 1 aliphatic heterocycles. The third-order valence-electron chi connectivity index (χ3n) is 5.16. The predicted octanol–water partition coefficient (Wildman–Crippen LogP) is 3.74. The lowest BCUT2D eigenvalue weighted by Crippen LogP contribution is -2.34. The van der Waals surface area contributed by atoms with Crippen LogP contribution in [0.25, 0.3) is 5.82 Å². The third kappa shape index (κ3) is 4.06. The molecule has 4 rings (SSSR count). The van der Waals surface area contributed by atoms with Crippen LogP contribution in [0.2, 0.25) is 0 Å². The summed E-state index contributed by atoms with van der Waals surface area (Å²) < 4.78 is 15.1. The number of nitrogens with zero attached hydrogens (tertiary/aromatic N) is 5. The molecule has 140 valence electrons. The van der Waals surface area contributed by atoms with E-state index in [1.54, 1.807) is 12.4 Å². The van der Waals surface area contributed by atoms with Gasteiger partial charge in [-0.25, -0.2) is 14.4 Å². The van der Waals surface area contributed by atoms with E-state index >= 15 is 0 Å². The molecule has 5 nitrogen and oxygen atoms in total. The Bertz CT molecular complexity index is 890. The average Bonchev–Trinajstić information content (AvgIpc) is 3.19. The van der Waals surface area contributed by atoms with Crippen LogP contribution in [0, 0.1) is 5.82 Å². The molecule has 3 heterocycles. The Labute approximate surface area is 158 Å². The van der Waals surface area contributed by atoms with Gasteiger partial charge in [0.1, 0.15) is 11.6 Å². The molecule has 0 amide bonds. The zero-order chi connectivity index (χ0) is 18.6. The maximum atomic E-state index is 13.1. The van der Waals surface area contributed by atoms with E-state index in [0.29, 0.717) is 5.92 Å². The topological polar surface area (TPSA) is 46.8 Å². The fraction of sp³-hybridized carbons (Fsp3) is 0.381. The van der Waals surface area contributed by atoms with E-state index in [1.165, 1.54) is 12.1 Å². The molecule has 27 heavy (non-hydrogen) atoms. The van der Waals surface area contributed by atoms with Gasteiger partial charge in [0.25, 0.3) is 0 Å². The van der Waals surface area contributed by atoms with Crippen molar-refractivity contribution < 1.29 is 4.39 Å². The van der Waals surface area contributed by atoms with Gasteiger partial charge in [-0.1, -0.05) is 19.1 Å². The van der Waals surface area contributed by atoms with Crippen LogP contribution in [0.3, 0.4) is 0 Å². The molecule has 1 saturated heterocycles. The van der Waals surface area contributed by atoms with Crippen LogP contribution in [0.4, 0.5) is 4.39 Å². The first-order chi connectivity index (χ1) is 13.2. The number of imidazole rings is 1. The van der Waals surface area contributed by atoms with Crippen LogP contribution in [0.15, 0.2) is 49.1 Å². The number of piperidine rings is 1. The summed E-state index contributed by atoms with van der Waals surface area (Å²) in [4.78, 5) is 16.1. The summed E-state index contributed by atoms with van der Waals surface area (Å²) in [5.41, 5.74) is 2.18. The molecule has 0 spiro atoms. The van der Waals surface area contributed by atoms with Crippen LogP contribution in [0.1, 0.15) is 42.8 Å². The number of benzene rings is 1. The van der Waals surface area contributed by atoms with Crippen LogP contribution >= 0.6 is 0 Å². The minimum atomic E-state index is -0.187. The molecule has 3 aromatic rings. The van der Waals surface area contributed by atoms with E-state index in [4.69, 9.17) is 4.98 Å². The summed E-state index contributed by atoms with van der Waals surface area (Å²) in [5, 5.41) is 0. The highest BCUT2D eigenvalue weighted by atomic mass is 19.1. The number of aryl methyl sites for hydroxylation is 1. The minimum absolute atomic E-state index is 0.187. The SMILES string of the molecule is CCc1nccn1-c1cncc(C2CCCN(Cc3ccc(F)cc3)C2)n1. The summed E-state index contributed by atoms with van der Waals surface area (Å²) in [6.07, 6.45) is 10.5. The molecule has 0 N–H and O–H groups in total. The maximum absolute atomic E-state index is 13.1. The summed E-state index contributed by atoms with van der Waals surface area (Å²) in [5.74, 6) is 1.99. The second-order valence-corrected chi connectivity index (χ2v) is 7.07. The van der Waals surface area contributed by atoms with Crippen molar-refractivity contribution in [2.75, 3.05) is 13.1 Å². The fourth-order valence-electron chi connectivity index (χ4n) is 3.78. The molecule has 1 aliphatic rings. The van der Waals surface area contributed by atoms with Gasteiger partial charge in [0.2, 0.25) is 0 Å². The van der Waals surface area contributed by atoms with Crippen LogP contribution in [-0.4, -0.2) is 37.5 Å². The van der Waals surface area contributed by atoms with Crippen molar-refractivity contribution in [3.05, 3.63) is 72.0 Å². The number of aromatic nitrogens is 4. The minimum Gasteiger partial charge on any atom is -0.298 e. The number of likely N-dealkylation sites (tertiary alicyclic amines) is 1. The standard InChI is InChI=1S/C21H24FN5/c1-2-20-24-9-11-27(20)21-13-23-12-19(25-21)17-4-3-10-26(15-17)14-16-5-7-18(22)8-6-16/h5-9,11-13,17H,2-4,10,14-15H2,1H3. The van der Waals surface area contributed by atoms with Gasteiger partial charge in [-0.3, -0.25) is 14.5 Å². The Morgan fingerprint density at radius 1 is 1.19 bits per heavy atom. The van der Waals surface area contributed by atoms with Gasteiger partial charge in [-0.2, -0.15) is 0 Å². The number of hydrogen-bond donors (Lipinski definition) is 0. The lowest BCUT2D eigenvalue weighted by atomic mass is 9.94. The normalized spacial score (nSPS) is 17.9. The van der Waals surface area contributed by atoms with Gasteiger partial charge in [0.05, 0.1) is 11.9 Å². The zero-order valence-electron chi connectivity index (χ0n) is 15.6. The maximum Gasteiger partial charge on any atom is 0.156 e. The predicted molar refractivity (Wildman–Crippen MR) is 102 cm³/mol. The van der Waals surface area contributed by atoms with Crippen LogP contribution in [0.5, 0.6) is 0 Å². The van der Waals surface area contributed by atoms with E-state index in [-0.39, 0.29) is 5.82 Å². The lowest BCUT2D eigenvalue weighted by Gasteiger charge is -2.32. The molecular weight excluding hydrogens is 341 g/mol. The molecule has 6 heteroatoms. The molecule has 0 radical (unpaired) electrons. The van der Waals surface area contributed by atoms with Gasteiger partial charge in [-0.05, 0) is 37.1 Å². The Kier molecular flexibility index (Phi) is 5.25. The largest absolute Gasteiger partial charge is 0.298 e. The van der Waals surface area contributed by atoms with Crippen LogP contribution < -0.4 is 0 Å². The summed E-state index contributed by atoms with van der Waals surface area (Å²) in [6.45, 7) is 4.93. The van der Waals surface area contributed by atoms with Gasteiger partial charge in [0, 0.05) is 44.0 Å². The monoisotopic (exact) mass is 365 g/mol. The summed E-state index contributed by atoms with van der Waals surface area (Å²) >= 11 is 0. The molecule has 0 bridgehead atoms. The van der Waals surface area contributed by atoms with Gasteiger partial charge in [0.15, 0.2) is 5.82 Å². The molecule has 1 unspecified atom stereocenters. The molecule has 1 fully saturated rings. The number of halogens is 1. The van der Waals surface area contributed by atoms with E-state index in [2.05, 4.69) is 21.8 Å². The summed E-state index contributed by atoms with van der Waals surface area (Å²) in [7, 11) is 0. The van der Waals surface area contributed by atoms with Crippen molar-refractivity contribution in [3.63, 3.8) is 0 Å². The Balaban J connectivity index is 1.49. The van der Waals surface area contributed by atoms with Crippen molar-refractivity contribution >= 4 is 0 Å². The smallest absolute Gasteiger partial charge is 0.156 e. The van der Waals surface area contributed by atoms with Gasteiger partial charge in [-0.15, -0.1) is 0 Å². The van der Waals surface area contributed by atoms with Crippen molar-refractivity contribution in [1.82, 2.24) is 24.4 Å². The molecular formula is C21H24FN5. The molecule has 1 aromatic carbocycles. The highest BCUT2D eigenvalue weighted by Crippen LogP contribution is 2.27. The first-order valence-corrected chi connectivity index (χ1v) is 9.54. The first kappa shape index (κ1) is 17.8. The molecule has 0 saturated carbocycles. The quantitative estimate of drug-likeness (QED) is 0.691. The zero-order valence-corrected chi connectivity index (χ0v) is 15.6. The Morgan fingerprint density at radius 3 is 2.85 bits per heavy atom. The average molecular weight is 365 g/mol. The number of rotatable bonds is 5. The van der Waals surface area contributed by atoms with Crippen molar-refractivity contribution in [2.24, 2.45) is 0 Å². The second-order valence-electron chi connectivity index (χ2n) is 7.07. The number of hydrogen-bond acceptors (Lipinski definition) is 4. The van der Waals surface area contributed by atoms with Crippen molar-refractivity contribution in [1.29, 1.82) is 0 Å². The highest BCUT2D eigenvalue weighted by Gasteiger charge is 2.23. The van der Waals surface area contributed by atoms with Crippen molar-refractivity contribution in [3.8, 4) is 5.82 Å². The Hall–Kier alpha value is -2.60. The first-order valence-electron chi connectivity index (χ1n) is 9.54. The van der Waals surface area contributed by atoms with E-state index < -0.39 is 0 Å². The third-order valence-corrected chi connectivity index (χ3v) is 5.16. The lowest BCUT2D eigenvalue weighted by molar-refractivity contribution is 0.198. The Morgan fingerprint density at radius 2 is 2.04 bits per heavy atom. The molecule has 0 aliphatic carbocycles. The van der Waals surface area contributed by atoms with E-state index in [9.17, 15) is 4.39 Å². The van der Waals surface area contributed by atoms with Gasteiger partial charge < -0.3 is 0 Å². The van der Waals surface area contributed by atoms with Crippen LogP contribution in [-0.2, 0) is 13.0 Å². The van der Waals surface area contributed by atoms with E-state index in [0.717, 1.165) is 61.8 Å². The van der Waals surface area contributed by atoms with Gasteiger partial charge >= 0.3 is 0 Å². The van der Waals surface area contributed by atoms with E-state index in [1.807, 2.05) is 29.1 Å². The van der Waals surface area contributed by atoms with Crippen molar-refractivity contribution in [2.45, 2.75) is 38.6 Å². The summed E-state index contributed by atoms with van der Waals surface area (Å²) in [6, 6.07) is 6.79. The second kappa shape index (κ2) is 7.96. The molecule has 2 aromatic heterocycles. The highest BCUT2D eigenvalue weighted by molar-refractivity contribution is 5.24. The fourth-order valence-corrected chi connectivity index (χ4v) is 3.78.